The zero-order valence-electron chi connectivity index (χ0n) is 11.3. The molecule has 20 heavy (non-hydrogen) atoms. The molecule has 0 spiro atoms. The number of hydrogen-bond donors (Lipinski definition) is 2. The topological polar surface area (TPSA) is 58.6 Å². The lowest BCUT2D eigenvalue weighted by Crippen LogP contribution is -2.24. The summed E-state index contributed by atoms with van der Waals surface area (Å²) >= 11 is 0. The van der Waals surface area contributed by atoms with Gasteiger partial charge in [0, 0.05) is 6.54 Å². The molecule has 0 heterocycles. The van der Waals surface area contributed by atoms with Crippen LogP contribution < -0.4 is 10.1 Å². The Morgan fingerprint density at radius 3 is 2.55 bits per heavy atom. The molecule has 0 unspecified atom stereocenters. The van der Waals surface area contributed by atoms with E-state index in [-0.39, 0.29) is 18.1 Å². The Hall–Kier alpha value is -2.49. The predicted octanol–water partition coefficient (Wildman–Crippen LogP) is 2.26. The van der Waals surface area contributed by atoms with Gasteiger partial charge in [-0.05, 0) is 35.4 Å². The summed E-state index contributed by atoms with van der Waals surface area (Å²) in [5, 5.41) is 12.2. The van der Waals surface area contributed by atoms with E-state index < -0.39 is 0 Å². The molecular formula is C16H17NO3. The first kappa shape index (κ1) is 13.9. The summed E-state index contributed by atoms with van der Waals surface area (Å²) in [5.74, 6) is 0.886. The standard InChI is InChI=1S/C16H17NO3/c1-20-15-7-5-12(6-8-15)11-17-16(19)10-13-3-2-4-14(18)9-13/h2-9,18H,10-11H2,1H3,(H,17,19). The zero-order chi connectivity index (χ0) is 14.4. The number of benzene rings is 2. The van der Waals surface area contributed by atoms with Crippen LogP contribution in [0.1, 0.15) is 11.1 Å². The number of amides is 1. The maximum Gasteiger partial charge on any atom is 0.224 e. The molecule has 4 nitrogen and oxygen atoms in total. The highest BCUT2D eigenvalue weighted by Crippen LogP contribution is 2.12. The van der Waals surface area contributed by atoms with E-state index in [9.17, 15) is 9.90 Å². The summed E-state index contributed by atoms with van der Waals surface area (Å²) in [6, 6.07) is 14.2. The van der Waals surface area contributed by atoms with Gasteiger partial charge in [0.1, 0.15) is 11.5 Å². The fraction of sp³-hybridized carbons (Fsp3) is 0.188. The number of hydrogen-bond acceptors (Lipinski definition) is 3. The second-order valence-electron chi connectivity index (χ2n) is 4.47. The van der Waals surface area contributed by atoms with Crippen LogP contribution in [0.5, 0.6) is 11.5 Å². The van der Waals surface area contributed by atoms with Gasteiger partial charge in [0.25, 0.3) is 0 Å². The van der Waals surface area contributed by atoms with E-state index >= 15 is 0 Å². The summed E-state index contributed by atoms with van der Waals surface area (Å²) < 4.78 is 5.07. The lowest BCUT2D eigenvalue weighted by atomic mass is 10.1. The Labute approximate surface area is 118 Å². The third-order valence-corrected chi connectivity index (χ3v) is 2.92. The molecule has 0 radical (unpaired) electrons. The number of ether oxygens (including phenoxy) is 1. The molecule has 0 bridgehead atoms. The lowest BCUT2D eigenvalue weighted by molar-refractivity contribution is -0.120. The molecule has 0 aromatic heterocycles. The SMILES string of the molecule is COc1ccc(CNC(=O)Cc2cccc(O)c2)cc1. The van der Waals surface area contributed by atoms with Crippen molar-refractivity contribution in [3.8, 4) is 11.5 Å². The molecule has 0 aliphatic rings. The fourth-order valence-electron chi connectivity index (χ4n) is 1.86. The molecule has 0 saturated carbocycles. The minimum absolute atomic E-state index is 0.0774. The molecule has 104 valence electrons. The molecule has 0 aliphatic carbocycles. The lowest BCUT2D eigenvalue weighted by Gasteiger charge is -2.06. The molecule has 2 rings (SSSR count). The van der Waals surface area contributed by atoms with Crippen molar-refractivity contribution in [3.63, 3.8) is 0 Å². The van der Waals surface area contributed by atoms with E-state index in [0.29, 0.717) is 6.54 Å². The number of methoxy groups -OCH3 is 1. The third kappa shape index (κ3) is 4.02. The maximum atomic E-state index is 11.8. The van der Waals surface area contributed by atoms with Gasteiger partial charge in [-0.3, -0.25) is 4.79 Å². The van der Waals surface area contributed by atoms with Gasteiger partial charge in [-0.1, -0.05) is 24.3 Å². The monoisotopic (exact) mass is 271 g/mol. The molecule has 0 atom stereocenters. The van der Waals surface area contributed by atoms with E-state index in [1.807, 2.05) is 30.3 Å². The molecule has 4 heteroatoms. The molecule has 2 aromatic rings. The number of carbonyl (C=O) groups is 1. The van der Waals surface area contributed by atoms with Crippen LogP contribution in [-0.4, -0.2) is 18.1 Å². The quantitative estimate of drug-likeness (QED) is 0.877. The van der Waals surface area contributed by atoms with Gasteiger partial charge >= 0.3 is 0 Å². The van der Waals surface area contributed by atoms with Crippen molar-refractivity contribution in [2.45, 2.75) is 13.0 Å². The van der Waals surface area contributed by atoms with Crippen LogP contribution in [0.25, 0.3) is 0 Å². The summed E-state index contributed by atoms with van der Waals surface area (Å²) in [6.07, 6.45) is 0.255. The Kier molecular flexibility index (Phi) is 4.60. The number of aromatic hydroxyl groups is 1. The minimum atomic E-state index is -0.0774. The summed E-state index contributed by atoms with van der Waals surface area (Å²) in [7, 11) is 1.62. The number of carbonyl (C=O) groups excluding carboxylic acids is 1. The molecule has 1 amide bonds. The Balaban J connectivity index is 1.85. The number of phenolic OH excluding ortho intramolecular Hbond substituents is 1. The van der Waals surface area contributed by atoms with Crippen molar-refractivity contribution in [2.24, 2.45) is 0 Å². The van der Waals surface area contributed by atoms with Crippen LogP contribution in [-0.2, 0) is 17.8 Å². The van der Waals surface area contributed by atoms with Crippen LogP contribution in [0.4, 0.5) is 0 Å². The van der Waals surface area contributed by atoms with Crippen LogP contribution >= 0.6 is 0 Å². The normalized spacial score (nSPS) is 10.1. The smallest absolute Gasteiger partial charge is 0.224 e. The second kappa shape index (κ2) is 6.61. The van der Waals surface area contributed by atoms with Gasteiger partial charge in [-0.25, -0.2) is 0 Å². The zero-order valence-corrected chi connectivity index (χ0v) is 11.3. The van der Waals surface area contributed by atoms with Gasteiger partial charge in [-0.15, -0.1) is 0 Å². The van der Waals surface area contributed by atoms with Crippen LogP contribution in [0.15, 0.2) is 48.5 Å². The average Bonchev–Trinajstić information content (AvgIpc) is 2.46. The van der Waals surface area contributed by atoms with E-state index in [2.05, 4.69) is 5.32 Å². The summed E-state index contributed by atoms with van der Waals surface area (Å²) in [6.45, 7) is 0.474. The van der Waals surface area contributed by atoms with Crippen LogP contribution in [0, 0.1) is 0 Å². The second-order valence-corrected chi connectivity index (χ2v) is 4.47. The summed E-state index contributed by atoms with van der Waals surface area (Å²) in [5.41, 5.74) is 1.80. The van der Waals surface area contributed by atoms with E-state index in [1.54, 1.807) is 25.3 Å². The molecular weight excluding hydrogens is 254 g/mol. The Bertz CT molecular complexity index is 579. The van der Waals surface area contributed by atoms with E-state index in [0.717, 1.165) is 16.9 Å². The van der Waals surface area contributed by atoms with Gasteiger partial charge in [0.05, 0.1) is 13.5 Å². The van der Waals surface area contributed by atoms with Crippen molar-refractivity contribution < 1.29 is 14.6 Å². The predicted molar refractivity (Wildman–Crippen MR) is 76.7 cm³/mol. The highest BCUT2D eigenvalue weighted by atomic mass is 16.5. The molecule has 0 saturated heterocycles. The number of rotatable bonds is 5. The number of nitrogens with one attached hydrogen (secondary N) is 1. The van der Waals surface area contributed by atoms with Gasteiger partial charge in [0.15, 0.2) is 0 Å². The first-order chi connectivity index (χ1) is 9.67. The van der Waals surface area contributed by atoms with Crippen LogP contribution in [0.2, 0.25) is 0 Å². The molecule has 0 fully saturated rings. The van der Waals surface area contributed by atoms with Crippen molar-refractivity contribution >= 4 is 5.91 Å². The Morgan fingerprint density at radius 2 is 1.90 bits per heavy atom. The van der Waals surface area contributed by atoms with Crippen molar-refractivity contribution in [1.82, 2.24) is 5.32 Å². The van der Waals surface area contributed by atoms with Crippen molar-refractivity contribution in [3.05, 3.63) is 59.7 Å². The number of phenols is 1. The van der Waals surface area contributed by atoms with Crippen LogP contribution in [0.3, 0.4) is 0 Å². The highest BCUT2D eigenvalue weighted by Gasteiger charge is 2.04. The molecule has 2 N–H and O–H groups in total. The highest BCUT2D eigenvalue weighted by molar-refractivity contribution is 5.78. The third-order valence-electron chi connectivity index (χ3n) is 2.92. The minimum Gasteiger partial charge on any atom is -0.508 e. The largest absolute Gasteiger partial charge is 0.508 e. The first-order valence-electron chi connectivity index (χ1n) is 6.35. The summed E-state index contributed by atoms with van der Waals surface area (Å²) in [4.78, 5) is 11.8. The first-order valence-corrected chi connectivity index (χ1v) is 6.35. The Morgan fingerprint density at radius 1 is 1.15 bits per heavy atom. The van der Waals surface area contributed by atoms with E-state index in [4.69, 9.17) is 4.74 Å². The molecule has 2 aromatic carbocycles. The van der Waals surface area contributed by atoms with Crippen molar-refractivity contribution in [2.75, 3.05) is 7.11 Å². The van der Waals surface area contributed by atoms with Crippen molar-refractivity contribution in [1.29, 1.82) is 0 Å². The van der Waals surface area contributed by atoms with Gasteiger partial charge in [0.2, 0.25) is 5.91 Å². The fourth-order valence-corrected chi connectivity index (χ4v) is 1.86. The maximum absolute atomic E-state index is 11.8. The van der Waals surface area contributed by atoms with Gasteiger partial charge in [-0.2, -0.15) is 0 Å². The molecule has 0 aliphatic heterocycles. The van der Waals surface area contributed by atoms with E-state index in [1.165, 1.54) is 0 Å². The average molecular weight is 271 g/mol. The van der Waals surface area contributed by atoms with Gasteiger partial charge < -0.3 is 15.2 Å².